The molecule has 0 spiro atoms. The van der Waals surface area contributed by atoms with Crippen LogP contribution in [0.5, 0.6) is 5.75 Å². The average Bonchev–Trinajstić information content (AvgIpc) is 2.23. The van der Waals surface area contributed by atoms with Gasteiger partial charge in [0.05, 0.1) is 0 Å². The number of hydrogen-bond acceptors (Lipinski definition) is 1. The molecule has 0 heterocycles. The molecule has 1 nitrogen and oxygen atoms in total. The van der Waals surface area contributed by atoms with Crippen LogP contribution < -0.4 is 0 Å². The minimum Gasteiger partial charge on any atom is -0.504 e. The number of rotatable bonds is 1. The first-order chi connectivity index (χ1) is 6.79. The third-order valence-corrected chi connectivity index (χ3v) is 2.07. The van der Waals surface area contributed by atoms with Crippen LogP contribution in [0.2, 0.25) is 0 Å². The molecule has 0 aliphatic carbocycles. The van der Waals surface area contributed by atoms with Crippen molar-refractivity contribution in [3.05, 3.63) is 54.3 Å². The summed E-state index contributed by atoms with van der Waals surface area (Å²) >= 11 is 0. The Balaban J connectivity index is 2.58. The Labute approximate surface area is 81.4 Å². The Kier molecular flexibility index (Phi) is 2.19. The highest BCUT2D eigenvalue weighted by atomic mass is 19.1. The van der Waals surface area contributed by atoms with Crippen LogP contribution in [0.3, 0.4) is 0 Å². The molecule has 0 aliphatic rings. The fourth-order valence-corrected chi connectivity index (χ4v) is 1.37. The average molecular weight is 188 g/mol. The molecule has 0 aromatic heterocycles. The van der Waals surface area contributed by atoms with E-state index < -0.39 is 5.82 Å². The van der Waals surface area contributed by atoms with E-state index in [2.05, 4.69) is 0 Å². The van der Waals surface area contributed by atoms with Crippen LogP contribution >= 0.6 is 0 Å². The first-order valence-corrected chi connectivity index (χ1v) is 4.32. The molecule has 0 bridgehead atoms. The van der Waals surface area contributed by atoms with Gasteiger partial charge in [-0.2, -0.15) is 0 Å². The molecule has 14 heavy (non-hydrogen) atoms. The van der Waals surface area contributed by atoms with Crippen LogP contribution in [-0.2, 0) is 0 Å². The minimum atomic E-state index is -0.591. The zero-order chi connectivity index (χ0) is 9.97. The van der Waals surface area contributed by atoms with Crippen molar-refractivity contribution >= 4 is 0 Å². The quantitative estimate of drug-likeness (QED) is 0.728. The molecule has 0 aliphatic heterocycles. The van der Waals surface area contributed by atoms with Gasteiger partial charge in [-0.3, -0.25) is 0 Å². The van der Waals surface area contributed by atoms with E-state index in [4.69, 9.17) is 0 Å². The SMILES string of the molecule is Oc1c(F)cccc1-c1ccccc1. The predicted molar refractivity (Wildman–Crippen MR) is 53.5 cm³/mol. The largest absolute Gasteiger partial charge is 0.504 e. The first kappa shape index (κ1) is 8.75. The lowest BCUT2D eigenvalue weighted by Gasteiger charge is -2.04. The molecule has 2 aromatic rings. The maximum Gasteiger partial charge on any atom is 0.165 e. The first-order valence-electron chi connectivity index (χ1n) is 4.32. The van der Waals surface area contributed by atoms with Gasteiger partial charge in [-0.1, -0.05) is 42.5 Å². The molecular weight excluding hydrogens is 179 g/mol. The lowest BCUT2D eigenvalue weighted by atomic mass is 10.0. The molecule has 0 saturated heterocycles. The molecule has 2 aromatic carbocycles. The number of para-hydroxylation sites is 1. The number of phenolic OH excluding ortho intramolecular Hbond substituents is 1. The topological polar surface area (TPSA) is 20.2 Å². The molecule has 2 heteroatoms. The van der Waals surface area contributed by atoms with E-state index in [-0.39, 0.29) is 5.75 Å². The summed E-state index contributed by atoms with van der Waals surface area (Å²) in [5.41, 5.74) is 1.33. The van der Waals surface area contributed by atoms with Crippen LogP contribution in [0.15, 0.2) is 48.5 Å². The highest BCUT2D eigenvalue weighted by Gasteiger charge is 2.07. The lowest BCUT2D eigenvalue weighted by Crippen LogP contribution is -1.81. The second-order valence-corrected chi connectivity index (χ2v) is 3.00. The van der Waals surface area contributed by atoms with E-state index in [0.717, 1.165) is 5.56 Å². The molecule has 2 rings (SSSR count). The van der Waals surface area contributed by atoms with Crippen molar-refractivity contribution in [2.45, 2.75) is 0 Å². The van der Waals surface area contributed by atoms with Gasteiger partial charge in [0.25, 0.3) is 0 Å². The summed E-state index contributed by atoms with van der Waals surface area (Å²) in [7, 11) is 0. The van der Waals surface area contributed by atoms with Crippen molar-refractivity contribution in [1.29, 1.82) is 0 Å². The van der Waals surface area contributed by atoms with Gasteiger partial charge in [0.15, 0.2) is 11.6 Å². The summed E-state index contributed by atoms with van der Waals surface area (Å²) in [4.78, 5) is 0. The Hall–Kier alpha value is -1.83. The van der Waals surface area contributed by atoms with Gasteiger partial charge in [-0.15, -0.1) is 0 Å². The molecule has 1 N–H and O–H groups in total. The zero-order valence-electron chi connectivity index (χ0n) is 7.44. The summed E-state index contributed by atoms with van der Waals surface area (Å²) in [6, 6.07) is 13.7. The van der Waals surface area contributed by atoms with E-state index in [9.17, 15) is 9.50 Å². The van der Waals surface area contributed by atoms with E-state index in [0.29, 0.717) is 5.56 Å². The highest BCUT2D eigenvalue weighted by Crippen LogP contribution is 2.30. The van der Waals surface area contributed by atoms with E-state index in [1.165, 1.54) is 6.07 Å². The number of halogens is 1. The van der Waals surface area contributed by atoms with Gasteiger partial charge in [-0.25, -0.2) is 4.39 Å². The van der Waals surface area contributed by atoms with Gasteiger partial charge in [-0.05, 0) is 11.6 Å². The fourth-order valence-electron chi connectivity index (χ4n) is 1.37. The van der Waals surface area contributed by atoms with Crippen LogP contribution in [-0.4, -0.2) is 5.11 Å². The minimum absolute atomic E-state index is 0.293. The standard InChI is InChI=1S/C12H9FO/c13-11-8-4-7-10(12(11)14)9-5-2-1-3-6-9/h1-8,14H. The Morgan fingerprint density at radius 1 is 0.857 bits per heavy atom. The Bertz CT molecular complexity index is 437. The van der Waals surface area contributed by atoms with Crippen LogP contribution in [0.25, 0.3) is 11.1 Å². The van der Waals surface area contributed by atoms with E-state index >= 15 is 0 Å². The van der Waals surface area contributed by atoms with Crippen LogP contribution in [0.4, 0.5) is 4.39 Å². The third-order valence-electron chi connectivity index (χ3n) is 2.07. The Morgan fingerprint density at radius 3 is 2.29 bits per heavy atom. The van der Waals surface area contributed by atoms with Crippen molar-refractivity contribution in [1.82, 2.24) is 0 Å². The fraction of sp³-hybridized carbons (Fsp3) is 0. The molecule has 0 amide bonds. The summed E-state index contributed by atoms with van der Waals surface area (Å²) in [5.74, 6) is -0.884. The molecular formula is C12H9FO. The monoisotopic (exact) mass is 188 g/mol. The smallest absolute Gasteiger partial charge is 0.165 e. The number of hydrogen-bond donors (Lipinski definition) is 1. The third kappa shape index (κ3) is 1.46. The highest BCUT2D eigenvalue weighted by molar-refractivity contribution is 5.69. The van der Waals surface area contributed by atoms with E-state index in [1.807, 2.05) is 30.3 Å². The maximum atomic E-state index is 13.0. The molecule has 70 valence electrons. The van der Waals surface area contributed by atoms with Crippen molar-refractivity contribution in [3.63, 3.8) is 0 Å². The van der Waals surface area contributed by atoms with Crippen molar-refractivity contribution in [2.24, 2.45) is 0 Å². The van der Waals surface area contributed by atoms with Gasteiger partial charge < -0.3 is 5.11 Å². The summed E-state index contributed by atoms with van der Waals surface area (Å²) in [5, 5.41) is 9.48. The second kappa shape index (κ2) is 3.50. The Morgan fingerprint density at radius 2 is 1.57 bits per heavy atom. The summed E-state index contributed by atoms with van der Waals surface area (Å²) < 4.78 is 13.0. The van der Waals surface area contributed by atoms with Gasteiger partial charge >= 0.3 is 0 Å². The predicted octanol–water partition coefficient (Wildman–Crippen LogP) is 3.20. The van der Waals surface area contributed by atoms with Gasteiger partial charge in [0.2, 0.25) is 0 Å². The number of benzene rings is 2. The van der Waals surface area contributed by atoms with Crippen molar-refractivity contribution in [2.75, 3.05) is 0 Å². The molecule has 0 radical (unpaired) electrons. The lowest BCUT2D eigenvalue weighted by molar-refractivity contribution is 0.434. The normalized spacial score (nSPS) is 10.1. The maximum absolute atomic E-state index is 13.0. The molecule has 0 unspecified atom stereocenters. The summed E-state index contributed by atoms with van der Waals surface area (Å²) in [6.07, 6.45) is 0. The van der Waals surface area contributed by atoms with Gasteiger partial charge in [0, 0.05) is 5.56 Å². The van der Waals surface area contributed by atoms with Crippen LogP contribution in [0, 0.1) is 5.82 Å². The zero-order valence-corrected chi connectivity index (χ0v) is 7.44. The van der Waals surface area contributed by atoms with Gasteiger partial charge in [0.1, 0.15) is 0 Å². The molecule has 0 atom stereocenters. The van der Waals surface area contributed by atoms with E-state index in [1.54, 1.807) is 12.1 Å². The van der Waals surface area contributed by atoms with Crippen LogP contribution in [0.1, 0.15) is 0 Å². The number of phenols is 1. The molecule has 0 saturated carbocycles. The summed E-state index contributed by atoms with van der Waals surface area (Å²) in [6.45, 7) is 0. The van der Waals surface area contributed by atoms with Crippen molar-refractivity contribution < 1.29 is 9.50 Å². The van der Waals surface area contributed by atoms with Crippen molar-refractivity contribution in [3.8, 4) is 16.9 Å². The second-order valence-electron chi connectivity index (χ2n) is 3.00. The molecule has 0 fully saturated rings. The number of aromatic hydroxyl groups is 1.